The molecule has 1 aliphatic heterocycles. The molecule has 1 heterocycles. The Morgan fingerprint density at radius 3 is 2.95 bits per heavy atom. The van der Waals surface area contributed by atoms with Gasteiger partial charge < -0.3 is 15.0 Å². The van der Waals surface area contributed by atoms with Crippen LogP contribution in [0.3, 0.4) is 0 Å². The molecule has 3 nitrogen and oxygen atoms in total. The van der Waals surface area contributed by atoms with Crippen LogP contribution in [0.25, 0.3) is 0 Å². The lowest BCUT2D eigenvalue weighted by atomic mass is 10.1. The molecule has 1 aromatic carbocycles. The number of aryl methyl sites for hydroxylation is 2. The van der Waals surface area contributed by atoms with Crippen molar-refractivity contribution in [3.05, 3.63) is 29.3 Å². The SMILES string of the molecule is Cc1ccc(C)c(OCCCN(C)CC2CCCN2)c1. The van der Waals surface area contributed by atoms with Gasteiger partial charge in [0.05, 0.1) is 6.61 Å². The highest BCUT2D eigenvalue weighted by molar-refractivity contribution is 5.35. The Kier molecular flexibility index (Phi) is 5.86. The van der Waals surface area contributed by atoms with Crippen molar-refractivity contribution in [2.24, 2.45) is 0 Å². The molecule has 1 atom stereocenters. The zero-order valence-corrected chi connectivity index (χ0v) is 13.1. The molecule has 1 unspecified atom stereocenters. The molecule has 1 aliphatic rings. The summed E-state index contributed by atoms with van der Waals surface area (Å²) in [5, 5.41) is 3.54. The van der Waals surface area contributed by atoms with Crippen molar-refractivity contribution in [2.75, 3.05) is 33.3 Å². The van der Waals surface area contributed by atoms with Gasteiger partial charge in [-0.1, -0.05) is 12.1 Å². The molecule has 0 spiro atoms. The fourth-order valence-electron chi connectivity index (χ4n) is 2.76. The number of ether oxygens (including phenoxy) is 1. The zero-order chi connectivity index (χ0) is 14.4. The first kappa shape index (κ1) is 15.3. The van der Waals surface area contributed by atoms with Crippen molar-refractivity contribution < 1.29 is 4.74 Å². The largest absolute Gasteiger partial charge is 0.493 e. The standard InChI is InChI=1S/C17H28N2O/c1-14-7-8-15(2)17(12-14)20-11-5-10-19(3)13-16-6-4-9-18-16/h7-8,12,16,18H,4-6,9-11,13H2,1-3H3. The van der Waals surface area contributed by atoms with Crippen LogP contribution in [-0.2, 0) is 0 Å². The fraction of sp³-hybridized carbons (Fsp3) is 0.647. The van der Waals surface area contributed by atoms with Crippen molar-refractivity contribution in [1.82, 2.24) is 10.2 Å². The average molecular weight is 276 g/mol. The minimum atomic E-state index is 0.694. The summed E-state index contributed by atoms with van der Waals surface area (Å²) in [5.41, 5.74) is 2.48. The van der Waals surface area contributed by atoms with E-state index < -0.39 is 0 Å². The van der Waals surface area contributed by atoms with Crippen LogP contribution >= 0.6 is 0 Å². The van der Waals surface area contributed by atoms with E-state index in [1.165, 1.54) is 30.5 Å². The van der Waals surface area contributed by atoms with E-state index in [0.29, 0.717) is 6.04 Å². The number of likely N-dealkylation sites (N-methyl/N-ethyl adjacent to an activating group) is 1. The van der Waals surface area contributed by atoms with Gasteiger partial charge in [0, 0.05) is 19.1 Å². The van der Waals surface area contributed by atoms with Crippen LogP contribution in [-0.4, -0.2) is 44.2 Å². The van der Waals surface area contributed by atoms with Crippen molar-refractivity contribution >= 4 is 0 Å². The molecule has 1 fully saturated rings. The second-order valence-corrected chi connectivity index (χ2v) is 6.03. The van der Waals surface area contributed by atoms with E-state index in [0.717, 1.165) is 31.9 Å². The highest BCUT2D eigenvalue weighted by atomic mass is 16.5. The molecular weight excluding hydrogens is 248 g/mol. The highest BCUT2D eigenvalue weighted by Crippen LogP contribution is 2.19. The van der Waals surface area contributed by atoms with Gasteiger partial charge in [0.1, 0.15) is 5.75 Å². The lowest BCUT2D eigenvalue weighted by Crippen LogP contribution is -2.36. The van der Waals surface area contributed by atoms with Crippen LogP contribution in [0, 0.1) is 13.8 Å². The molecule has 2 rings (SSSR count). The fourth-order valence-corrected chi connectivity index (χ4v) is 2.76. The summed E-state index contributed by atoms with van der Waals surface area (Å²) < 4.78 is 5.90. The average Bonchev–Trinajstić information content (AvgIpc) is 2.91. The number of hydrogen-bond donors (Lipinski definition) is 1. The third-order valence-corrected chi connectivity index (χ3v) is 3.98. The van der Waals surface area contributed by atoms with E-state index >= 15 is 0 Å². The molecule has 0 amide bonds. The van der Waals surface area contributed by atoms with Crippen LogP contribution in [0.4, 0.5) is 0 Å². The Morgan fingerprint density at radius 1 is 1.35 bits per heavy atom. The van der Waals surface area contributed by atoms with Gasteiger partial charge in [-0.2, -0.15) is 0 Å². The maximum absolute atomic E-state index is 5.90. The molecule has 1 N–H and O–H groups in total. The Labute approximate surface area is 123 Å². The molecule has 0 saturated carbocycles. The van der Waals surface area contributed by atoms with Crippen LogP contribution in [0.5, 0.6) is 5.75 Å². The Balaban J connectivity index is 1.64. The summed E-state index contributed by atoms with van der Waals surface area (Å²) in [6, 6.07) is 7.08. The summed E-state index contributed by atoms with van der Waals surface area (Å²) >= 11 is 0. The zero-order valence-electron chi connectivity index (χ0n) is 13.1. The summed E-state index contributed by atoms with van der Waals surface area (Å²) in [7, 11) is 2.21. The van der Waals surface area contributed by atoms with E-state index in [-0.39, 0.29) is 0 Å². The van der Waals surface area contributed by atoms with Gasteiger partial charge >= 0.3 is 0 Å². The number of nitrogens with zero attached hydrogens (tertiary/aromatic N) is 1. The van der Waals surface area contributed by atoms with Crippen molar-refractivity contribution in [1.29, 1.82) is 0 Å². The first-order valence-electron chi connectivity index (χ1n) is 7.77. The van der Waals surface area contributed by atoms with Crippen LogP contribution < -0.4 is 10.1 Å². The number of nitrogens with one attached hydrogen (secondary N) is 1. The maximum Gasteiger partial charge on any atom is 0.122 e. The lowest BCUT2D eigenvalue weighted by molar-refractivity contribution is 0.249. The monoisotopic (exact) mass is 276 g/mol. The molecule has 3 heteroatoms. The topological polar surface area (TPSA) is 24.5 Å². The quantitative estimate of drug-likeness (QED) is 0.775. The first-order valence-corrected chi connectivity index (χ1v) is 7.77. The van der Waals surface area contributed by atoms with E-state index in [4.69, 9.17) is 4.74 Å². The molecule has 0 aromatic heterocycles. The number of benzene rings is 1. The predicted molar refractivity (Wildman–Crippen MR) is 84.5 cm³/mol. The van der Waals surface area contributed by atoms with Crippen molar-refractivity contribution in [3.8, 4) is 5.75 Å². The van der Waals surface area contributed by atoms with E-state index in [9.17, 15) is 0 Å². The van der Waals surface area contributed by atoms with Crippen molar-refractivity contribution in [2.45, 2.75) is 39.2 Å². The van der Waals surface area contributed by atoms with Gasteiger partial charge in [-0.3, -0.25) is 0 Å². The van der Waals surface area contributed by atoms with E-state index in [1.807, 2.05) is 0 Å². The molecule has 0 radical (unpaired) electrons. The second kappa shape index (κ2) is 7.65. The first-order chi connectivity index (χ1) is 9.65. The summed E-state index contributed by atoms with van der Waals surface area (Å²) in [5.74, 6) is 1.03. The normalized spacial score (nSPS) is 18.7. The Bertz CT molecular complexity index is 413. The van der Waals surface area contributed by atoms with Crippen LogP contribution in [0.2, 0.25) is 0 Å². The van der Waals surface area contributed by atoms with Gasteiger partial charge in [-0.15, -0.1) is 0 Å². The van der Waals surface area contributed by atoms with Crippen LogP contribution in [0.15, 0.2) is 18.2 Å². The number of hydrogen-bond acceptors (Lipinski definition) is 3. The second-order valence-electron chi connectivity index (χ2n) is 6.03. The van der Waals surface area contributed by atoms with Gasteiger partial charge in [-0.25, -0.2) is 0 Å². The molecule has 1 aromatic rings. The Morgan fingerprint density at radius 2 is 2.20 bits per heavy atom. The molecule has 1 saturated heterocycles. The van der Waals surface area contributed by atoms with E-state index in [1.54, 1.807) is 0 Å². The number of rotatable bonds is 7. The van der Waals surface area contributed by atoms with Crippen molar-refractivity contribution in [3.63, 3.8) is 0 Å². The predicted octanol–water partition coefficient (Wildman–Crippen LogP) is 2.76. The molecular formula is C17H28N2O. The van der Waals surface area contributed by atoms with Gasteiger partial charge in [0.25, 0.3) is 0 Å². The van der Waals surface area contributed by atoms with Gasteiger partial charge in [0.2, 0.25) is 0 Å². The van der Waals surface area contributed by atoms with Crippen LogP contribution in [0.1, 0.15) is 30.4 Å². The third kappa shape index (κ3) is 4.80. The lowest BCUT2D eigenvalue weighted by Gasteiger charge is -2.21. The maximum atomic E-state index is 5.90. The highest BCUT2D eigenvalue weighted by Gasteiger charge is 2.15. The minimum Gasteiger partial charge on any atom is -0.493 e. The molecule has 20 heavy (non-hydrogen) atoms. The third-order valence-electron chi connectivity index (χ3n) is 3.98. The summed E-state index contributed by atoms with van der Waals surface area (Å²) in [4.78, 5) is 2.41. The van der Waals surface area contributed by atoms with Gasteiger partial charge in [-0.05, 0) is 63.9 Å². The van der Waals surface area contributed by atoms with E-state index in [2.05, 4.69) is 49.3 Å². The summed E-state index contributed by atoms with van der Waals surface area (Å²) in [6.45, 7) is 8.45. The molecule has 0 aliphatic carbocycles. The Hall–Kier alpha value is -1.06. The minimum absolute atomic E-state index is 0.694. The van der Waals surface area contributed by atoms with Gasteiger partial charge in [0.15, 0.2) is 0 Å². The molecule has 112 valence electrons. The summed E-state index contributed by atoms with van der Waals surface area (Å²) in [6.07, 6.45) is 3.73. The smallest absolute Gasteiger partial charge is 0.122 e. The molecule has 0 bridgehead atoms.